The van der Waals surface area contributed by atoms with Crippen LogP contribution in [0, 0.1) is 0 Å². The van der Waals surface area contributed by atoms with Gasteiger partial charge >= 0.3 is 0 Å². The summed E-state index contributed by atoms with van der Waals surface area (Å²) in [7, 11) is 10.7. The molecular formula is C40H48N2O8. The van der Waals surface area contributed by atoms with Crippen LogP contribution in [0.5, 0.6) is 46.0 Å². The van der Waals surface area contributed by atoms with E-state index in [9.17, 15) is 5.11 Å². The molecule has 2 N–H and O–H groups in total. The minimum atomic E-state index is -0.385. The number of ether oxygens (including phenoxy) is 7. The topological polar surface area (TPSA) is 100 Å². The lowest BCUT2D eigenvalue weighted by molar-refractivity contribution is 0.0274. The zero-order valence-corrected chi connectivity index (χ0v) is 29.8. The van der Waals surface area contributed by atoms with Crippen LogP contribution in [0.3, 0.4) is 0 Å². The normalized spacial score (nSPS) is 17.1. The molecular weight excluding hydrogens is 636 g/mol. The molecule has 50 heavy (non-hydrogen) atoms. The molecule has 0 saturated heterocycles. The summed E-state index contributed by atoms with van der Waals surface area (Å²) in [5, 5.41) is 13.1. The second kappa shape index (κ2) is 16.0. The van der Waals surface area contributed by atoms with Crippen molar-refractivity contribution in [1.82, 2.24) is 10.2 Å². The third-order valence-electron chi connectivity index (χ3n) is 9.62. The third kappa shape index (κ3) is 7.34. The Kier molecular flexibility index (Phi) is 11.3. The second-order valence-corrected chi connectivity index (χ2v) is 12.6. The Morgan fingerprint density at radius 3 is 2.26 bits per heavy atom. The number of aliphatic hydroxyl groups is 1. The number of fused-ring (bicyclic) bond motifs is 3. The maximum atomic E-state index is 9.82. The van der Waals surface area contributed by atoms with E-state index in [-0.39, 0.29) is 25.4 Å². The van der Waals surface area contributed by atoms with Crippen molar-refractivity contribution in [3.63, 3.8) is 0 Å². The van der Waals surface area contributed by atoms with Gasteiger partial charge in [0.25, 0.3) is 0 Å². The highest BCUT2D eigenvalue weighted by Crippen LogP contribution is 2.51. The maximum absolute atomic E-state index is 9.82. The van der Waals surface area contributed by atoms with Crippen LogP contribution in [0.15, 0.2) is 60.7 Å². The van der Waals surface area contributed by atoms with Crippen LogP contribution in [0.25, 0.3) is 0 Å². The Balaban J connectivity index is 1.61. The molecule has 3 aliphatic heterocycles. The van der Waals surface area contributed by atoms with Crippen LogP contribution in [-0.4, -0.2) is 78.8 Å². The van der Waals surface area contributed by atoms with Crippen molar-refractivity contribution in [2.75, 3.05) is 68.8 Å². The fourth-order valence-corrected chi connectivity index (χ4v) is 7.01. The number of nitrogens with zero attached hydrogens (tertiary/aromatic N) is 1. The van der Waals surface area contributed by atoms with Gasteiger partial charge in [0.2, 0.25) is 5.75 Å². The van der Waals surface area contributed by atoms with E-state index in [0.717, 1.165) is 59.3 Å². The van der Waals surface area contributed by atoms with Gasteiger partial charge in [-0.3, -0.25) is 4.90 Å². The predicted octanol–water partition coefficient (Wildman–Crippen LogP) is 6.45. The van der Waals surface area contributed by atoms with Crippen molar-refractivity contribution in [3.8, 4) is 46.0 Å². The standard InChI is InChI=1S/C40H48N2O8/c1-41-15-13-27-22-34(45-4)36-24-30(27)33(48-18-17-43)20-25-7-10-29(11-8-25)49-35-21-26(9-12-32(35)44-3)19-31-38-28(14-16-42(31)2)23-37(46-5)39(47-6)40(38)50-36/h7-12,21-24,31,33,41,43H,13-20H2,1-6H3. The summed E-state index contributed by atoms with van der Waals surface area (Å²) in [4.78, 5) is 2.35. The molecule has 0 radical (unpaired) electrons. The smallest absolute Gasteiger partial charge is 0.204 e. The van der Waals surface area contributed by atoms with Crippen molar-refractivity contribution in [1.29, 1.82) is 0 Å². The van der Waals surface area contributed by atoms with Crippen molar-refractivity contribution in [2.24, 2.45) is 0 Å². The number of rotatable bonds is 10. The molecule has 0 amide bonds. The van der Waals surface area contributed by atoms with E-state index in [0.29, 0.717) is 58.8 Å². The zero-order valence-electron chi connectivity index (χ0n) is 29.8. The van der Waals surface area contributed by atoms with Crippen molar-refractivity contribution in [3.05, 3.63) is 94.0 Å². The van der Waals surface area contributed by atoms with Crippen LogP contribution < -0.4 is 33.7 Å². The van der Waals surface area contributed by atoms with Crippen molar-refractivity contribution in [2.45, 2.75) is 37.8 Å². The second-order valence-electron chi connectivity index (χ2n) is 12.6. The summed E-state index contributed by atoms with van der Waals surface area (Å²) in [6.07, 6.45) is 2.40. The Morgan fingerprint density at radius 1 is 0.820 bits per heavy atom. The minimum Gasteiger partial charge on any atom is -0.493 e. The number of aliphatic hydroxyl groups excluding tert-OH is 1. The van der Waals surface area contributed by atoms with E-state index in [2.05, 4.69) is 35.5 Å². The molecule has 6 bridgehead atoms. The molecule has 3 heterocycles. The van der Waals surface area contributed by atoms with Crippen LogP contribution in [0.2, 0.25) is 0 Å². The van der Waals surface area contributed by atoms with Gasteiger partial charge in [0.1, 0.15) is 5.75 Å². The number of likely N-dealkylation sites (N-methyl/N-ethyl adjacent to an activating group) is 2. The molecule has 10 nitrogen and oxygen atoms in total. The lowest BCUT2D eigenvalue weighted by atomic mass is 9.87. The summed E-state index contributed by atoms with van der Waals surface area (Å²) in [6, 6.07) is 20.2. The van der Waals surface area contributed by atoms with Crippen LogP contribution in [0.4, 0.5) is 0 Å². The Hall–Kier alpha value is -4.48. The van der Waals surface area contributed by atoms with E-state index in [1.54, 1.807) is 28.4 Å². The van der Waals surface area contributed by atoms with Crippen LogP contribution in [0.1, 0.15) is 45.5 Å². The van der Waals surface area contributed by atoms with Gasteiger partial charge in [-0.25, -0.2) is 0 Å². The average molecular weight is 685 g/mol. The van der Waals surface area contributed by atoms with Crippen molar-refractivity contribution >= 4 is 0 Å². The van der Waals surface area contributed by atoms with Crippen molar-refractivity contribution < 1.29 is 38.3 Å². The van der Waals surface area contributed by atoms with Gasteiger partial charge in [-0.1, -0.05) is 18.2 Å². The van der Waals surface area contributed by atoms with Crippen LogP contribution in [-0.2, 0) is 30.4 Å². The first kappa shape index (κ1) is 35.3. The fourth-order valence-electron chi connectivity index (χ4n) is 7.01. The molecule has 0 fully saturated rings. The molecule has 0 aliphatic carbocycles. The number of hydrogen-bond donors (Lipinski definition) is 2. The summed E-state index contributed by atoms with van der Waals surface area (Å²) >= 11 is 0. The molecule has 7 rings (SSSR count). The molecule has 2 atom stereocenters. The predicted molar refractivity (Wildman–Crippen MR) is 192 cm³/mol. The van der Waals surface area contributed by atoms with Gasteiger partial charge in [0, 0.05) is 24.6 Å². The maximum Gasteiger partial charge on any atom is 0.204 e. The summed E-state index contributed by atoms with van der Waals surface area (Å²) in [5.41, 5.74) is 6.31. The lowest BCUT2D eigenvalue weighted by Gasteiger charge is -2.37. The molecule has 4 aromatic rings. The highest BCUT2D eigenvalue weighted by Gasteiger charge is 2.34. The summed E-state index contributed by atoms with van der Waals surface area (Å²) in [5.74, 6) is 4.81. The lowest BCUT2D eigenvalue weighted by Crippen LogP contribution is -2.34. The quantitative estimate of drug-likeness (QED) is 0.194. The first-order chi connectivity index (χ1) is 24.4. The third-order valence-corrected chi connectivity index (χ3v) is 9.62. The summed E-state index contributed by atoms with van der Waals surface area (Å²) < 4.78 is 43.5. The Labute approximate surface area is 294 Å². The molecule has 266 valence electrons. The van der Waals surface area contributed by atoms with Gasteiger partial charge in [-0.15, -0.1) is 0 Å². The molecule has 3 aliphatic rings. The van der Waals surface area contributed by atoms with Gasteiger partial charge in [0.05, 0.1) is 47.8 Å². The minimum absolute atomic E-state index is 0.0611. The Morgan fingerprint density at radius 2 is 1.56 bits per heavy atom. The van der Waals surface area contributed by atoms with Gasteiger partial charge in [-0.2, -0.15) is 0 Å². The molecule has 2 unspecified atom stereocenters. The molecule has 0 aromatic heterocycles. The van der Waals surface area contributed by atoms with E-state index in [1.165, 1.54) is 0 Å². The largest absolute Gasteiger partial charge is 0.493 e. The number of methoxy groups -OCH3 is 4. The highest BCUT2D eigenvalue weighted by molar-refractivity contribution is 5.63. The Bertz CT molecular complexity index is 1780. The van der Waals surface area contributed by atoms with E-state index in [1.807, 2.05) is 49.5 Å². The van der Waals surface area contributed by atoms with Gasteiger partial charge < -0.3 is 43.6 Å². The highest BCUT2D eigenvalue weighted by atomic mass is 16.5. The number of benzene rings is 4. The zero-order chi connectivity index (χ0) is 35.2. The monoisotopic (exact) mass is 684 g/mol. The first-order valence-corrected chi connectivity index (χ1v) is 17.1. The number of nitrogens with one attached hydrogen (secondary N) is 1. The molecule has 4 aromatic carbocycles. The van der Waals surface area contributed by atoms with Gasteiger partial charge in [-0.05, 0) is 110 Å². The fraction of sp³-hybridized carbons (Fsp3) is 0.400. The van der Waals surface area contributed by atoms with E-state index < -0.39 is 0 Å². The molecule has 0 spiro atoms. The SMILES string of the molecule is CNCCc1cc(OC)c2cc1C(OCCO)Cc1ccc(cc1)Oc1cc(ccc1OC)CC1c3c(cc(OC)c(OC)c3O2)CCN1C. The van der Waals surface area contributed by atoms with Gasteiger partial charge in [0.15, 0.2) is 34.5 Å². The number of hydrogen-bond acceptors (Lipinski definition) is 10. The molecule has 10 heteroatoms. The van der Waals surface area contributed by atoms with E-state index >= 15 is 0 Å². The molecule has 0 saturated carbocycles. The summed E-state index contributed by atoms with van der Waals surface area (Å²) in [6.45, 7) is 1.69. The average Bonchev–Trinajstić information content (AvgIpc) is 3.13. The van der Waals surface area contributed by atoms with E-state index in [4.69, 9.17) is 33.2 Å². The first-order valence-electron chi connectivity index (χ1n) is 17.1. The van der Waals surface area contributed by atoms with Crippen LogP contribution >= 0.6 is 0 Å².